The lowest BCUT2D eigenvalue weighted by atomic mass is 9.87. The lowest BCUT2D eigenvalue weighted by Crippen LogP contribution is -2.39. The molecule has 0 saturated carbocycles. The van der Waals surface area contributed by atoms with Gasteiger partial charge in [-0.1, -0.05) is 25.9 Å². The van der Waals surface area contributed by atoms with E-state index in [4.69, 9.17) is 16.0 Å². The van der Waals surface area contributed by atoms with Crippen molar-refractivity contribution in [1.29, 1.82) is 0 Å². The highest BCUT2D eigenvalue weighted by atomic mass is 35.5. The average Bonchev–Trinajstić information content (AvgIpc) is 2.62. The van der Waals surface area contributed by atoms with Crippen molar-refractivity contribution >= 4 is 17.6 Å². The Kier molecular flexibility index (Phi) is 3.84. The van der Waals surface area contributed by atoms with Crippen LogP contribution in [0.4, 0.5) is 6.01 Å². The van der Waals surface area contributed by atoms with E-state index in [-0.39, 0.29) is 10.8 Å². The first kappa shape index (κ1) is 13.3. The van der Waals surface area contributed by atoms with E-state index >= 15 is 0 Å². The Balaban J connectivity index is 2.84. The number of hydrogen-bond acceptors (Lipinski definition) is 4. The Morgan fingerprint density at radius 3 is 2.19 bits per heavy atom. The first-order valence-corrected chi connectivity index (χ1v) is 5.87. The van der Waals surface area contributed by atoms with E-state index < -0.39 is 0 Å². The van der Waals surface area contributed by atoms with E-state index in [1.54, 1.807) is 0 Å². The van der Waals surface area contributed by atoms with Crippen LogP contribution in [0.1, 0.15) is 45.9 Å². The molecule has 5 heteroatoms. The number of anilines is 1. The fraction of sp³-hybridized carbons (Fsp3) is 0.818. The molecule has 0 radical (unpaired) electrons. The van der Waals surface area contributed by atoms with Gasteiger partial charge in [-0.15, -0.1) is 16.7 Å². The third-order valence-electron chi connectivity index (χ3n) is 2.91. The molecule has 0 spiro atoms. The molecule has 1 heterocycles. The largest absolute Gasteiger partial charge is 0.406 e. The molecule has 16 heavy (non-hydrogen) atoms. The highest BCUT2D eigenvalue weighted by Crippen LogP contribution is 2.28. The van der Waals surface area contributed by atoms with E-state index in [0.29, 0.717) is 17.9 Å². The Bertz CT molecular complexity index is 343. The number of halogens is 1. The molecule has 0 aliphatic carbocycles. The van der Waals surface area contributed by atoms with Crippen LogP contribution in [0.15, 0.2) is 4.42 Å². The minimum atomic E-state index is -0.250. The lowest BCUT2D eigenvalue weighted by Gasteiger charge is -2.34. The number of hydrogen-bond donors (Lipinski definition) is 0. The number of nitrogens with zero attached hydrogens (tertiary/aromatic N) is 3. The molecule has 0 fully saturated rings. The molecule has 0 aromatic carbocycles. The first-order valence-electron chi connectivity index (χ1n) is 5.43. The Morgan fingerprint density at radius 2 is 1.81 bits per heavy atom. The quantitative estimate of drug-likeness (QED) is 0.767. The molecule has 2 unspecified atom stereocenters. The third-order valence-corrected chi connectivity index (χ3v) is 3.09. The van der Waals surface area contributed by atoms with Gasteiger partial charge >= 0.3 is 6.01 Å². The zero-order valence-corrected chi connectivity index (χ0v) is 11.5. The molecule has 2 atom stereocenters. The normalized spacial score (nSPS) is 15.9. The van der Waals surface area contributed by atoms with E-state index in [0.717, 1.165) is 0 Å². The van der Waals surface area contributed by atoms with Gasteiger partial charge in [-0.2, -0.15) is 0 Å². The molecular weight excluding hydrogens is 226 g/mol. The van der Waals surface area contributed by atoms with Gasteiger partial charge in [0.05, 0.1) is 0 Å². The highest BCUT2D eigenvalue weighted by molar-refractivity contribution is 6.20. The van der Waals surface area contributed by atoms with Gasteiger partial charge in [0.25, 0.3) is 0 Å². The standard InChI is InChI=1S/C11H20ClN3O/c1-7(12)9-13-14-10(16-9)15(6)8(2)11(3,4)5/h7-8H,1-6H3. The monoisotopic (exact) mass is 245 g/mol. The van der Waals surface area contributed by atoms with Crippen molar-refractivity contribution in [3.8, 4) is 0 Å². The molecule has 0 aliphatic heterocycles. The second-order valence-electron chi connectivity index (χ2n) is 5.19. The molecule has 0 aliphatic rings. The van der Waals surface area contributed by atoms with E-state index in [9.17, 15) is 0 Å². The van der Waals surface area contributed by atoms with Crippen LogP contribution in [0.2, 0.25) is 0 Å². The van der Waals surface area contributed by atoms with Gasteiger partial charge < -0.3 is 9.32 Å². The topological polar surface area (TPSA) is 42.2 Å². The number of alkyl halides is 1. The number of rotatable bonds is 3. The first-order chi connectivity index (χ1) is 7.23. The Hall–Kier alpha value is -0.770. The molecule has 1 rings (SSSR count). The molecular formula is C11H20ClN3O. The van der Waals surface area contributed by atoms with Crippen molar-refractivity contribution in [2.45, 2.75) is 46.0 Å². The zero-order valence-electron chi connectivity index (χ0n) is 10.8. The second-order valence-corrected chi connectivity index (χ2v) is 5.85. The van der Waals surface area contributed by atoms with Crippen molar-refractivity contribution in [3.05, 3.63) is 5.89 Å². The molecule has 0 bridgehead atoms. The molecule has 92 valence electrons. The second kappa shape index (κ2) is 4.62. The Morgan fingerprint density at radius 1 is 1.25 bits per heavy atom. The minimum Gasteiger partial charge on any atom is -0.406 e. The minimum absolute atomic E-state index is 0.149. The average molecular weight is 246 g/mol. The third kappa shape index (κ3) is 2.88. The van der Waals surface area contributed by atoms with E-state index in [1.807, 2.05) is 18.9 Å². The van der Waals surface area contributed by atoms with E-state index in [1.165, 1.54) is 0 Å². The van der Waals surface area contributed by atoms with Crippen molar-refractivity contribution in [3.63, 3.8) is 0 Å². The maximum absolute atomic E-state index is 5.88. The summed E-state index contributed by atoms with van der Waals surface area (Å²) in [5, 5.41) is 7.66. The fourth-order valence-corrected chi connectivity index (χ4v) is 1.36. The summed E-state index contributed by atoms with van der Waals surface area (Å²) in [4.78, 5) is 1.98. The summed E-state index contributed by atoms with van der Waals surface area (Å²) in [5.41, 5.74) is 0.149. The van der Waals surface area contributed by atoms with Crippen LogP contribution in [0.5, 0.6) is 0 Å². The molecule has 1 aromatic heterocycles. The summed E-state index contributed by atoms with van der Waals surface area (Å²) in [7, 11) is 1.95. The van der Waals surface area contributed by atoms with Crippen LogP contribution >= 0.6 is 11.6 Å². The maximum atomic E-state index is 5.88. The fourth-order valence-electron chi connectivity index (χ4n) is 1.28. The van der Waals surface area contributed by atoms with Crippen LogP contribution in [-0.4, -0.2) is 23.3 Å². The zero-order chi connectivity index (χ0) is 12.5. The van der Waals surface area contributed by atoms with Gasteiger partial charge in [0.15, 0.2) is 0 Å². The van der Waals surface area contributed by atoms with Gasteiger partial charge in [-0.3, -0.25) is 0 Å². The number of aromatic nitrogens is 2. The van der Waals surface area contributed by atoms with E-state index in [2.05, 4.69) is 37.9 Å². The summed E-state index contributed by atoms with van der Waals surface area (Å²) < 4.78 is 5.49. The SMILES string of the molecule is CC(Cl)c1nnc(N(C)C(C)C(C)(C)C)o1. The van der Waals surface area contributed by atoms with Crippen molar-refractivity contribution in [2.75, 3.05) is 11.9 Å². The van der Waals surface area contributed by atoms with Crippen LogP contribution < -0.4 is 4.90 Å². The summed E-state index contributed by atoms with van der Waals surface area (Å²) in [6, 6.07) is 0.816. The van der Waals surface area contributed by atoms with Gasteiger partial charge in [0.2, 0.25) is 5.89 Å². The molecule has 0 amide bonds. The lowest BCUT2D eigenvalue weighted by molar-refractivity contribution is 0.316. The summed E-state index contributed by atoms with van der Waals surface area (Å²) in [5.74, 6) is 0.463. The van der Waals surface area contributed by atoms with Crippen LogP contribution in [0, 0.1) is 5.41 Å². The molecule has 4 nitrogen and oxygen atoms in total. The maximum Gasteiger partial charge on any atom is 0.318 e. The van der Waals surface area contributed by atoms with Gasteiger partial charge in [0.1, 0.15) is 5.38 Å². The van der Waals surface area contributed by atoms with Gasteiger partial charge in [0, 0.05) is 13.1 Å². The predicted molar refractivity (Wildman–Crippen MR) is 65.9 cm³/mol. The Labute approximate surface area is 102 Å². The highest BCUT2D eigenvalue weighted by Gasteiger charge is 2.27. The van der Waals surface area contributed by atoms with Gasteiger partial charge in [-0.05, 0) is 19.3 Å². The molecule has 0 saturated heterocycles. The van der Waals surface area contributed by atoms with Crippen LogP contribution in [0.25, 0.3) is 0 Å². The smallest absolute Gasteiger partial charge is 0.318 e. The van der Waals surface area contributed by atoms with Crippen molar-refractivity contribution < 1.29 is 4.42 Å². The van der Waals surface area contributed by atoms with Crippen molar-refractivity contribution in [2.24, 2.45) is 5.41 Å². The van der Waals surface area contributed by atoms with Gasteiger partial charge in [-0.25, -0.2) is 0 Å². The molecule has 1 aromatic rings. The van der Waals surface area contributed by atoms with Crippen LogP contribution in [-0.2, 0) is 0 Å². The summed E-state index contributed by atoms with van der Waals surface area (Å²) in [6.07, 6.45) is 0. The summed E-state index contributed by atoms with van der Waals surface area (Å²) in [6.45, 7) is 10.5. The predicted octanol–water partition coefficient (Wildman–Crippen LogP) is 3.24. The van der Waals surface area contributed by atoms with Crippen LogP contribution in [0.3, 0.4) is 0 Å². The molecule has 0 N–H and O–H groups in total. The van der Waals surface area contributed by atoms with Crippen molar-refractivity contribution in [1.82, 2.24) is 10.2 Å². The summed E-state index contributed by atoms with van der Waals surface area (Å²) >= 11 is 5.88.